The Balaban J connectivity index is 1.60. The van der Waals surface area contributed by atoms with Gasteiger partial charge < -0.3 is 15.4 Å². The molecule has 140 valence electrons. The number of esters is 1. The minimum atomic E-state index is -0.936. The van der Waals surface area contributed by atoms with Crippen LogP contribution in [0.4, 0.5) is 20.2 Å². The van der Waals surface area contributed by atoms with Crippen molar-refractivity contribution in [2.75, 3.05) is 23.0 Å². The standard InChI is InChI=1S/C18H14F2N2O4S/c19-11-2-3-13(12(20)8-11)21-17(24)9-26-18(25)10-1-4-15-14(7-10)22-16(23)5-6-27-15/h1-4,7-8H,5-6,9H2,(H,21,24)(H,22,23). The van der Waals surface area contributed by atoms with Gasteiger partial charge in [-0.1, -0.05) is 0 Å². The summed E-state index contributed by atoms with van der Waals surface area (Å²) >= 11 is 1.49. The fraction of sp³-hybridized carbons (Fsp3) is 0.167. The van der Waals surface area contributed by atoms with Gasteiger partial charge in [-0.3, -0.25) is 9.59 Å². The van der Waals surface area contributed by atoms with E-state index < -0.39 is 30.1 Å². The Morgan fingerprint density at radius 2 is 2.00 bits per heavy atom. The molecule has 2 aromatic carbocycles. The van der Waals surface area contributed by atoms with E-state index in [1.165, 1.54) is 23.9 Å². The molecule has 0 radical (unpaired) electrons. The topological polar surface area (TPSA) is 84.5 Å². The first kappa shape index (κ1) is 18.8. The molecule has 27 heavy (non-hydrogen) atoms. The van der Waals surface area contributed by atoms with Crippen LogP contribution in [-0.4, -0.2) is 30.1 Å². The number of ether oxygens (including phenoxy) is 1. The lowest BCUT2D eigenvalue weighted by Gasteiger charge is -2.10. The largest absolute Gasteiger partial charge is 0.452 e. The average Bonchev–Trinajstić information content (AvgIpc) is 2.81. The molecule has 9 heteroatoms. The van der Waals surface area contributed by atoms with Crippen LogP contribution < -0.4 is 10.6 Å². The van der Waals surface area contributed by atoms with Crippen molar-refractivity contribution in [2.24, 2.45) is 0 Å². The maximum atomic E-state index is 13.5. The van der Waals surface area contributed by atoms with Crippen LogP contribution in [0, 0.1) is 11.6 Å². The SMILES string of the molecule is O=C(COC(=O)c1ccc2c(c1)NC(=O)CCS2)Nc1ccc(F)cc1F. The first-order chi connectivity index (χ1) is 12.9. The number of carbonyl (C=O) groups is 3. The first-order valence-electron chi connectivity index (χ1n) is 7.91. The van der Waals surface area contributed by atoms with Crippen molar-refractivity contribution in [1.29, 1.82) is 0 Å². The van der Waals surface area contributed by atoms with Crippen molar-refractivity contribution < 1.29 is 27.9 Å². The van der Waals surface area contributed by atoms with Gasteiger partial charge in [0.25, 0.3) is 5.91 Å². The molecule has 1 aliphatic rings. The highest BCUT2D eigenvalue weighted by molar-refractivity contribution is 7.99. The predicted octanol–water partition coefficient (Wildman–Crippen LogP) is 3.19. The van der Waals surface area contributed by atoms with Crippen molar-refractivity contribution in [3.8, 4) is 0 Å². The maximum absolute atomic E-state index is 13.5. The van der Waals surface area contributed by atoms with E-state index in [1.54, 1.807) is 6.07 Å². The van der Waals surface area contributed by atoms with Gasteiger partial charge in [-0.2, -0.15) is 0 Å². The zero-order chi connectivity index (χ0) is 19.4. The molecular formula is C18H14F2N2O4S. The fourth-order valence-corrected chi connectivity index (χ4v) is 3.28. The van der Waals surface area contributed by atoms with Gasteiger partial charge in [0.15, 0.2) is 6.61 Å². The third-order valence-electron chi connectivity index (χ3n) is 3.62. The van der Waals surface area contributed by atoms with Gasteiger partial charge in [-0.05, 0) is 30.3 Å². The normalized spacial score (nSPS) is 13.2. The Kier molecular flexibility index (Phi) is 5.70. The highest BCUT2D eigenvalue weighted by Gasteiger charge is 2.17. The molecule has 0 saturated carbocycles. The molecule has 0 atom stereocenters. The van der Waals surface area contributed by atoms with Crippen molar-refractivity contribution >= 4 is 40.9 Å². The van der Waals surface area contributed by atoms with Crippen molar-refractivity contribution in [3.05, 3.63) is 53.6 Å². The molecule has 1 heterocycles. The zero-order valence-electron chi connectivity index (χ0n) is 13.9. The monoisotopic (exact) mass is 392 g/mol. The summed E-state index contributed by atoms with van der Waals surface area (Å²) in [5, 5.41) is 4.90. The second-order valence-electron chi connectivity index (χ2n) is 5.61. The number of halogens is 2. The van der Waals surface area contributed by atoms with Crippen LogP contribution in [-0.2, 0) is 14.3 Å². The van der Waals surface area contributed by atoms with Crippen LogP contribution in [0.15, 0.2) is 41.3 Å². The van der Waals surface area contributed by atoms with Crippen LogP contribution in [0.1, 0.15) is 16.8 Å². The van der Waals surface area contributed by atoms with Crippen LogP contribution in [0.3, 0.4) is 0 Å². The summed E-state index contributed by atoms with van der Waals surface area (Å²) in [4.78, 5) is 36.4. The smallest absolute Gasteiger partial charge is 0.338 e. The number of hydrogen-bond donors (Lipinski definition) is 2. The summed E-state index contributed by atoms with van der Waals surface area (Å²) in [5.74, 6) is -2.75. The van der Waals surface area contributed by atoms with Crippen molar-refractivity contribution in [1.82, 2.24) is 0 Å². The molecule has 2 N–H and O–H groups in total. The molecule has 6 nitrogen and oxygen atoms in total. The van der Waals surface area contributed by atoms with Gasteiger partial charge >= 0.3 is 5.97 Å². The second-order valence-corrected chi connectivity index (χ2v) is 6.74. The van der Waals surface area contributed by atoms with E-state index in [0.717, 1.165) is 17.0 Å². The number of fused-ring (bicyclic) bond motifs is 1. The number of nitrogens with one attached hydrogen (secondary N) is 2. The lowest BCUT2D eigenvalue weighted by molar-refractivity contribution is -0.119. The lowest BCUT2D eigenvalue weighted by atomic mass is 10.2. The van der Waals surface area contributed by atoms with E-state index in [2.05, 4.69) is 10.6 Å². The summed E-state index contributed by atoms with van der Waals surface area (Å²) in [7, 11) is 0. The van der Waals surface area contributed by atoms with E-state index in [0.29, 0.717) is 23.9 Å². The molecule has 3 rings (SSSR count). The Labute approximate surface area is 157 Å². The molecule has 0 spiro atoms. The van der Waals surface area contributed by atoms with E-state index in [9.17, 15) is 23.2 Å². The van der Waals surface area contributed by atoms with Gasteiger partial charge in [-0.15, -0.1) is 11.8 Å². The molecule has 2 aromatic rings. The average molecular weight is 392 g/mol. The molecule has 0 unspecified atom stereocenters. The first-order valence-corrected chi connectivity index (χ1v) is 8.89. The number of anilines is 2. The van der Waals surface area contributed by atoms with E-state index >= 15 is 0 Å². The number of benzene rings is 2. The van der Waals surface area contributed by atoms with E-state index in [-0.39, 0.29) is 17.2 Å². The minimum absolute atomic E-state index is 0.146. The zero-order valence-corrected chi connectivity index (χ0v) is 14.7. The lowest BCUT2D eigenvalue weighted by Crippen LogP contribution is -2.21. The Morgan fingerprint density at radius 3 is 2.78 bits per heavy atom. The van der Waals surface area contributed by atoms with Crippen LogP contribution in [0.25, 0.3) is 0 Å². The molecule has 0 fully saturated rings. The number of rotatable bonds is 4. The van der Waals surface area contributed by atoms with Gasteiger partial charge in [0.05, 0.1) is 16.9 Å². The van der Waals surface area contributed by atoms with Crippen molar-refractivity contribution in [2.45, 2.75) is 11.3 Å². The summed E-state index contributed by atoms with van der Waals surface area (Å²) in [5.41, 5.74) is 0.453. The highest BCUT2D eigenvalue weighted by Crippen LogP contribution is 2.31. The quantitative estimate of drug-likeness (QED) is 0.781. The third-order valence-corrected chi connectivity index (χ3v) is 4.69. The Morgan fingerprint density at radius 1 is 1.19 bits per heavy atom. The summed E-state index contributed by atoms with van der Waals surface area (Å²) in [6, 6.07) is 7.39. The molecule has 2 amide bonds. The number of hydrogen-bond acceptors (Lipinski definition) is 5. The summed E-state index contributed by atoms with van der Waals surface area (Å²) in [6.07, 6.45) is 0.374. The number of carbonyl (C=O) groups excluding carboxylic acids is 3. The second kappa shape index (κ2) is 8.17. The van der Waals surface area contributed by atoms with Gasteiger partial charge in [0, 0.05) is 23.1 Å². The van der Waals surface area contributed by atoms with Gasteiger partial charge in [-0.25, -0.2) is 13.6 Å². The molecule has 0 aromatic heterocycles. The minimum Gasteiger partial charge on any atom is -0.452 e. The van der Waals surface area contributed by atoms with Gasteiger partial charge in [0.1, 0.15) is 11.6 Å². The third kappa shape index (κ3) is 4.82. The molecule has 1 aliphatic heterocycles. The molecule has 0 aliphatic carbocycles. The summed E-state index contributed by atoms with van der Waals surface area (Å²) < 4.78 is 31.3. The van der Waals surface area contributed by atoms with Crippen LogP contribution >= 0.6 is 11.8 Å². The molecule has 0 bridgehead atoms. The predicted molar refractivity (Wildman–Crippen MR) is 95.7 cm³/mol. The fourth-order valence-electron chi connectivity index (χ4n) is 2.34. The van der Waals surface area contributed by atoms with Crippen LogP contribution in [0.2, 0.25) is 0 Å². The Hall–Kier alpha value is -2.94. The maximum Gasteiger partial charge on any atom is 0.338 e. The van der Waals surface area contributed by atoms with Crippen LogP contribution in [0.5, 0.6) is 0 Å². The highest BCUT2D eigenvalue weighted by atomic mass is 32.2. The number of amides is 2. The van der Waals surface area contributed by atoms with E-state index in [1.807, 2.05) is 0 Å². The van der Waals surface area contributed by atoms with E-state index in [4.69, 9.17) is 4.74 Å². The number of thioether (sulfide) groups is 1. The van der Waals surface area contributed by atoms with Crippen molar-refractivity contribution in [3.63, 3.8) is 0 Å². The van der Waals surface area contributed by atoms with Gasteiger partial charge in [0.2, 0.25) is 5.91 Å². The summed E-state index contributed by atoms with van der Waals surface area (Å²) in [6.45, 7) is -0.645. The Bertz CT molecular complexity index is 920. The molecule has 0 saturated heterocycles. The molecular weight excluding hydrogens is 378 g/mol.